The third kappa shape index (κ3) is 3.43. The van der Waals surface area contributed by atoms with E-state index in [0.29, 0.717) is 24.3 Å². The van der Waals surface area contributed by atoms with Crippen LogP contribution in [0.1, 0.15) is 16.2 Å². The lowest BCUT2D eigenvalue weighted by molar-refractivity contribution is 0.0693. The number of aryl methyl sites for hydroxylation is 2. The van der Waals surface area contributed by atoms with Gasteiger partial charge in [0.2, 0.25) is 0 Å². The molecule has 0 aliphatic carbocycles. The van der Waals surface area contributed by atoms with Crippen LogP contribution in [0.15, 0.2) is 36.7 Å². The highest BCUT2D eigenvalue weighted by Gasteiger charge is 2.36. The van der Waals surface area contributed by atoms with E-state index >= 15 is 0 Å². The fourth-order valence-electron chi connectivity index (χ4n) is 3.42. The van der Waals surface area contributed by atoms with Crippen LogP contribution in [0.3, 0.4) is 0 Å². The normalized spacial score (nSPS) is 14.0. The van der Waals surface area contributed by atoms with E-state index in [1.807, 2.05) is 6.92 Å². The highest BCUT2D eigenvalue weighted by atomic mass is 19.1. The molecule has 3 heterocycles. The molecular weight excluding hydrogens is 378 g/mol. The summed E-state index contributed by atoms with van der Waals surface area (Å²) in [6, 6.07) is 7.15. The summed E-state index contributed by atoms with van der Waals surface area (Å²) in [5.41, 5.74) is 1.88. The van der Waals surface area contributed by atoms with Crippen LogP contribution in [0.5, 0.6) is 0 Å². The van der Waals surface area contributed by atoms with Crippen molar-refractivity contribution < 1.29 is 13.6 Å². The van der Waals surface area contributed by atoms with Crippen LogP contribution in [0.25, 0.3) is 11.3 Å². The van der Waals surface area contributed by atoms with Crippen LogP contribution in [-0.4, -0.2) is 56.7 Å². The van der Waals surface area contributed by atoms with E-state index in [1.165, 1.54) is 30.6 Å². The van der Waals surface area contributed by atoms with Gasteiger partial charge in [-0.3, -0.25) is 9.48 Å². The van der Waals surface area contributed by atoms with Crippen molar-refractivity contribution in [1.82, 2.24) is 24.6 Å². The monoisotopic (exact) mass is 398 g/mol. The second-order valence-corrected chi connectivity index (χ2v) is 7.14. The van der Waals surface area contributed by atoms with Crippen LogP contribution in [-0.2, 0) is 7.05 Å². The number of anilines is 1. The van der Waals surface area contributed by atoms with E-state index in [4.69, 9.17) is 0 Å². The molecule has 0 spiro atoms. The van der Waals surface area contributed by atoms with Crippen LogP contribution in [0.2, 0.25) is 0 Å². The molecule has 1 aromatic carbocycles. The zero-order valence-corrected chi connectivity index (χ0v) is 16.3. The minimum absolute atomic E-state index is 0.0682. The van der Waals surface area contributed by atoms with Gasteiger partial charge in [-0.25, -0.2) is 18.7 Å². The maximum absolute atomic E-state index is 15.0. The minimum atomic E-state index is -0.561. The predicted molar refractivity (Wildman–Crippen MR) is 103 cm³/mol. The van der Waals surface area contributed by atoms with E-state index in [-0.39, 0.29) is 23.5 Å². The first-order chi connectivity index (χ1) is 13.8. The second-order valence-electron chi connectivity index (χ2n) is 7.14. The van der Waals surface area contributed by atoms with E-state index in [2.05, 4.69) is 15.1 Å². The Hall–Kier alpha value is -3.36. The van der Waals surface area contributed by atoms with Crippen molar-refractivity contribution in [3.63, 3.8) is 0 Å². The van der Waals surface area contributed by atoms with Crippen LogP contribution in [0.4, 0.5) is 14.6 Å². The molecule has 29 heavy (non-hydrogen) atoms. The van der Waals surface area contributed by atoms with Crippen molar-refractivity contribution >= 4 is 11.7 Å². The molecule has 2 aromatic heterocycles. The Morgan fingerprint density at radius 1 is 1.17 bits per heavy atom. The molecule has 150 valence electrons. The number of halogens is 2. The Morgan fingerprint density at radius 2 is 1.86 bits per heavy atom. The van der Waals surface area contributed by atoms with Gasteiger partial charge in [-0.1, -0.05) is 0 Å². The first-order valence-electron chi connectivity index (χ1n) is 9.14. The molecule has 0 atom stereocenters. The summed E-state index contributed by atoms with van der Waals surface area (Å²) in [5, 5.41) is 4.20. The molecule has 4 rings (SSSR count). The molecule has 7 nitrogen and oxygen atoms in total. The Bertz CT molecular complexity index is 1060. The molecule has 1 aliphatic rings. The fourth-order valence-corrected chi connectivity index (χ4v) is 3.42. The van der Waals surface area contributed by atoms with E-state index < -0.39 is 11.6 Å². The number of carbonyl (C=O) groups excluding carboxylic acids is 1. The summed E-state index contributed by atoms with van der Waals surface area (Å²) >= 11 is 0. The lowest BCUT2D eigenvalue weighted by Crippen LogP contribution is -2.60. The Morgan fingerprint density at radius 3 is 2.48 bits per heavy atom. The lowest BCUT2D eigenvalue weighted by atomic mass is 10.1. The van der Waals surface area contributed by atoms with Gasteiger partial charge in [0.15, 0.2) is 11.6 Å². The van der Waals surface area contributed by atoms with Crippen LogP contribution >= 0.6 is 0 Å². The highest BCUT2D eigenvalue weighted by Crippen LogP contribution is 2.30. The van der Waals surface area contributed by atoms with Crippen molar-refractivity contribution in [3.05, 3.63) is 59.7 Å². The van der Waals surface area contributed by atoms with E-state index in [9.17, 15) is 13.6 Å². The average Bonchev–Trinajstić information content (AvgIpc) is 3.00. The number of rotatable bonds is 4. The van der Waals surface area contributed by atoms with Crippen LogP contribution < -0.4 is 4.90 Å². The van der Waals surface area contributed by atoms with Gasteiger partial charge in [-0.05, 0) is 37.3 Å². The zero-order valence-electron chi connectivity index (χ0n) is 16.3. The third-order valence-corrected chi connectivity index (χ3v) is 5.14. The van der Waals surface area contributed by atoms with Gasteiger partial charge in [0, 0.05) is 32.7 Å². The molecule has 1 fully saturated rings. The molecule has 0 unspecified atom stereocenters. The van der Waals surface area contributed by atoms with Gasteiger partial charge in [0.25, 0.3) is 5.91 Å². The van der Waals surface area contributed by atoms with Crippen LogP contribution in [0, 0.1) is 18.6 Å². The molecule has 1 aliphatic heterocycles. The number of amides is 1. The maximum Gasteiger partial charge on any atom is 0.272 e. The first-order valence-corrected chi connectivity index (χ1v) is 9.14. The van der Waals surface area contributed by atoms with Gasteiger partial charge in [0.05, 0.1) is 11.7 Å². The summed E-state index contributed by atoms with van der Waals surface area (Å²) in [7, 11) is 3.46. The number of hydrogen-bond donors (Lipinski definition) is 0. The van der Waals surface area contributed by atoms with Gasteiger partial charge >= 0.3 is 0 Å². The SMILES string of the molecule is Cc1cc(C(=O)N(C)C2CN(c3ncnc(-c4ccc(F)cc4)c3F)C2)n(C)n1. The Labute approximate surface area is 166 Å². The molecule has 0 N–H and O–H groups in total. The number of hydrogen-bond acceptors (Lipinski definition) is 5. The molecule has 1 saturated heterocycles. The van der Waals surface area contributed by atoms with E-state index in [1.54, 1.807) is 34.6 Å². The lowest BCUT2D eigenvalue weighted by Gasteiger charge is -2.44. The van der Waals surface area contributed by atoms with Crippen molar-refractivity contribution in [3.8, 4) is 11.3 Å². The van der Waals surface area contributed by atoms with E-state index in [0.717, 1.165) is 5.69 Å². The smallest absolute Gasteiger partial charge is 0.272 e. The summed E-state index contributed by atoms with van der Waals surface area (Å²) in [5.74, 6) is -0.917. The first kappa shape index (κ1) is 19.0. The molecule has 0 bridgehead atoms. The topological polar surface area (TPSA) is 67.2 Å². The number of benzene rings is 1. The van der Waals surface area contributed by atoms with Gasteiger partial charge in [0.1, 0.15) is 23.5 Å². The molecule has 9 heteroatoms. The highest BCUT2D eigenvalue weighted by molar-refractivity contribution is 5.93. The summed E-state index contributed by atoms with van der Waals surface area (Å²) in [4.78, 5) is 24.2. The third-order valence-electron chi connectivity index (χ3n) is 5.14. The van der Waals surface area contributed by atoms with Crippen molar-refractivity contribution in [1.29, 1.82) is 0 Å². The quantitative estimate of drug-likeness (QED) is 0.675. The number of aromatic nitrogens is 4. The van der Waals surface area contributed by atoms with Crippen molar-refractivity contribution in [2.75, 3.05) is 25.0 Å². The summed E-state index contributed by atoms with van der Waals surface area (Å²) in [6.45, 7) is 2.74. The molecule has 1 amide bonds. The Balaban J connectivity index is 1.48. The molecule has 0 saturated carbocycles. The molecule has 0 radical (unpaired) electrons. The maximum atomic E-state index is 15.0. The average molecular weight is 398 g/mol. The number of nitrogens with zero attached hydrogens (tertiary/aromatic N) is 6. The zero-order chi connectivity index (χ0) is 20.7. The van der Waals surface area contributed by atoms with Gasteiger partial charge in [-0.15, -0.1) is 0 Å². The van der Waals surface area contributed by atoms with Gasteiger partial charge < -0.3 is 9.80 Å². The minimum Gasteiger partial charge on any atom is -0.350 e. The summed E-state index contributed by atoms with van der Waals surface area (Å²) < 4.78 is 29.7. The number of carbonyl (C=O) groups is 1. The molecule has 3 aromatic rings. The predicted octanol–water partition coefficient (Wildman–Crippen LogP) is 2.42. The standard InChI is InChI=1S/C20H20F2N6O/c1-12-8-16(27(3)25-12)20(29)26(2)15-9-28(10-15)19-17(22)18(23-11-24-19)13-4-6-14(21)7-5-13/h4-8,11,15H,9-10H2,1-3H3. The van der Waals surface area contributed by atoms with Gasteiger partial charge in [-0.2, -0.15) is 5.10 Å². The summed E-state index contributed by atoms with van der Waals surface area (Å²) in [6.07, 6.45) is 1.29. The fraction of sp³-hybridized carbons (Fsp3) is 0.300. The Kier molecular flexibility index (Phi) is 4.73. The van der Waals surface area contributed by atoms with Crippen molar-refractivity contribution in [2.24, 2.45) is 7.05 Å². The molecular formula is C20H20F2N6O. The second kappa shape index (κ2) is 7.23. The number of likely N-dealkylation sites (N-methyl/N-ethyl adjacent to an activating group) is 1. The van der Waals surface area contributed by atoms with Crippen molar-refractivity contribution in [2.45, 2.75) is 13.0 Å². The largest absolute Gasteiger partial charge is 0.350 e.